The molecule has 9 heteroatoms. The average molecular weight is 497 g/mol. The van der Waals surface area contributed by atoms with E-state index < -0.39 is 24.2 Å². The van der Waals surface area contributed by atoms with Gasteiger partial charge in [0.1, 0.15) is 5.75 Å². The van der Waals surface area contributed by atoms with Crippen LogP contribution >= 0.6 is 11.8 Å². The number of anilines is 1. The van der Waals surface area contributed by atoms with Crippen LogP contribution in [0.5, 0.6) is 5.75 Å². The van der Waals surface area contributed by atoms with Crippen LogP contribution in [0.4, 0.5) is 10.5 Å². The summed E-state index contributed by atoms with van der Waals surface area (Å²) in [4.78, 5) is 25.2. The van der Waals surface area contributed by atoms with Gasteiger partial charge in [0.15, 0.2) is 6.10 Å². The molecular formula is C26H28N2O6S. The van der Waals surface area contributed by atoms with E-state index in [9.17, 15) is 14.7 Å². The van der Waals surface area contributed by atoms with E-state index in [1.807, 2.05) is 36.6 Å². The van der Waals surface area contributed by atoms with Gasteiger partial charge in [-0.3, -0.25) is 15.3 Å². The number of nitrogens with one attached hydrogen (secondary N) is 2. The number of benzene rings is 3. The molecule has 0 aliphatic rings. The first-order valence-electron chi connectivity index (χ1n) is 10.9. The highest BCUT2D eigenvalue weighted by molar-refractivity contribution is 7.98. The summed E-state index contributed by atoms with van der Waals surface area (Å²) in [6, 6.07) is 18.0. The number of rotatable bonds is 10. The lowest BCUT2D eigenvalue weighted by molar-refractivity contribution is -0.124. The summed E-state index contributed by atoms with van der Waals surface area (Å²) in [5, 5.41) is 23.1. The van der Waals surface area contributed by atoms with Crippen LogP contribution in [0.3, 0.4) is 0 Å². The van der Waals surface area contributed by atoms with Crippen molar-refractivity contribution in [3.63, 3.8) is 0 Å². The Hall–Kier alpha value is -3.53. The molecule has 3 aromatic carbocycles. The summed E-state index contributed by atoms with van der Waals surface area (Å²) in [6.07, 6.45) is 3.60. The Morgan fingerprint density at radius 3 is 2.43 bits per heavy atom. The fourth-order valence-corrected chi connectivity index (χ4v) is 4.12. The van der Waals surface area contributed by atoms with Crippen LogP contribution in [0.25, 0.3) is 10.8 Å². The largest absolute Gasteiger partial charge is 0.507 e. The van der Waals surface area contributed by atoms with Crippen molar-refractivity contribution in [2.24, 2.45) is 0 Å². The number of phenols is 1. The van der Waals surface area contributed by atoms with Crippen molar-refractivity contribution in [1.29, 1.82) is 0 Å². The Kier molecular flexibility index (Phi) is 9.54. The number of carbonyl (C=O) groups excluding carboxylic acids is 2. The van der Waals surface area contributed by atoms with Crippen LogP contribution in [-0.2, 0) is 14.3 Å². The first-order chi connectivity index (χ1) is 17.0. The predicted octanol–water partition coefficient (Wildman–Crippen LogP) is 5.41. The molecule has 0 unspecified atom stereocenters. The molecule has 0 heterocycles. The Morgan fingerprint density at radius 1 is 1.06 bits per heavy atom. The molecule has 184 valence electrons. The number of hydrogen-bond acceptors (Lipinski definition) is 7. The lowest BCUT2D eigenvalue weighted by atomic mass is 9.94. The van der Waals surface area contributed by atoms with E-state index in [4.69, 9.17) is 14.7 Å². The first-order valence-corrected chi connectivity index (χ1v) is 12.1. The van der Waals surface area contributed by atoms with Crippen LogP contribution in [0.15, 0.2) is 77.7 Å². The third-order valence-electron chi connectivity index (χ3n) is 5.45. The maximum atomic E-state index is 12.9. The molecule has 0 aliphatic carbocycles. The molecule has 0 spiro atoms. The molecule has 8 nitrogen and oxygen atoms in total. The highest BCUT2D eigenvalue weighted by Gasteiger charge is 2.29. The van der Waals surface area contributed by atoms with Gasteiger partial charge in [-0.15, -0.1) is 11.8 Å². The maximum absolute atomic E-state index is 12.9. The van der Waals surface area contributed by atoms with Gasteiger partial charge in [0.25, 0.3) is 5.91 Å². The molecule has 4 N–H and O–H groups in total. The molecule has 0 aromatic heterocycles. The molecule has 35 heavy (non-hydrogen) atoms. The maximum Gasteiger partial charge on any atom is 0.412 e. The van der Waals surface area contributed by atoms with E-state index in [-0.39, 0.29) is 5.75 Å². The van der Waals surface area contributed by atoms with Crippen LogP contribution in [0.1, 0.15) is 24.5 Å². The van der Waals surface area contributed by atoms with Crippen molar-refractivity contribution in [3.05, 3.63) is 78.4 Å². The molecule has 2 atom stereocenters. The average Bonchev–Trinajstić information content (AvgIpc) is 2.88. The van der Waals surface area contributed by atoms with Gasteiger partial charge in [0, 0.05) is 34.7 Å². The molecule has 2 amide bonds. The van der Waals surface area contributed by atoms with Crippen molar-refractivity contribution in [3.8, 4) is 5.75 Å². The van der Waals surface area contributed by atoms with Gasteiger partial charge in [0.2, 0.25) is 0 Å². The summed E-state index contributed by atoms with van der Waals surface area (Å²) < 4.78 is 11.6. The lowest BCUT2D eigenvalue weighted by Crippen LogP contribution is -2.28. The van der Waals surface area contributed by atoms with E-state index in [0.29, 0.717) is 29.5 Å². The quantitative estimate of drug-likeness (QED) is 0.128. The molecule has 0 radical (unpaired) electrons. The summed E-state index contributed by atoms with van der Waals surface area (Å²) in [7, 11) is 1.52. The number of aromatic hydroxyl groups is 1. The number of allylic oxidation sites excluding steroid dienone is 1. The topological polar surface area (TPSA) is 117 Å². The summed E-state index contributed by atoms with van der Waals surface area (Å²) in [6.45, 7) is 0. The summed E-state index contributed by atoms with van der Waals surface area (Å²) >= 11 is 1.60. The van der Waals surface area contributed by atoms with E-state index in [2.05, 4.69) is 5.32 Å². The van der Waals surface area contributed by atoms with Gasteiger partial charge in [-0.2, -0.15) is 0 Å². The highest BCUT2D eigenvalue weighted by atomic mass is 32.2. The number of thioether (sulfide) groups is 1. The second-order valence-electron chi connectivity index (χ2n) is 7.63. The van der Waals surface area contributed by atoms with Crippen molar-refractivity contribution in [2.75, 3.05) is 18.7 Å². The smallest absolute Gasteiger partial charge is 0.412 e. The third kappa shape index (κ3) is 6.98. The Balaban J connectivity index is 1.89. The van der Waals surface area contributed by atoms with Crippen LogP contribution in [0, 0.1) is 0 Å². The first kappa shape index (κ1) is 26.1. The summed E-state index contributed by atoms with van der Waals surface area (Å²) in [5.74, 6) is -0.517. The van der Waals surface area contributed by atoms with Gasteiger partial charge < -0.3 is 14.6 Å². The Labute approximate surface area is 207 Å². The number of amides is 2. The van der Waals surface area contributed by atoms with Gasteiger partial charge in [-0.25, -0.2) is 10.3 Å². The number of hydroxylamine groups is 1. The number of hydrogen-bond donors (Lipinski definition) is 4. The lowest BCUT2D eigenvalue weighted by Gasteiger charge is -2.27. The number of carbonyl (C=O) groups is 2. The second kappa shape index (κ2) is 12.8. The van der Waals surface area contributed by atoms with Gasteiger partial charge in [-0.05, 0) is 54.8 Å². The van der Waals surface area contributed by atoms with Crippen molar-refractivity contribution in [1.82, 2.24) is 5.48 Å². The van der Waals surface area contributed by atoms with Gasteiger partial charge in [0.05, 0.1) is 6.10 Å². The predicted molar refractivity (Wildman–Crippen MR) is 136 cm³/mol. The van der Waals surface area contributed by atoms with Gasteiger partial charge >= 0.3 is 6.09 Å². The molecule has 0 saturated carbocycles. The van der Waals surface area contributed by atoms with Crippen LogP contribution in [-0.4, -0.2) is 41.8 Å². The monoisotopic (exact) mass is 496 g/mol. The van der Waals surface area contributed by atoms with Crippen LogP contribution < -0.4 is 10.8 Å². The Morgan fingerprint density at radius 2 is 1.77 bits per heavy atom. The minimum absolute atomic E-state index is 0.119. The molecule has 3 aromatic rings. The van der Waals surface area contributed by atoms with E-state index in [1.54, 1.807) is 48.2 Å². The number of methoxy groups -OCH3 is 1. The minimum atomic E-state index is -0.809. The second-order valence-corrected chi connectivity index (χ2v) is 8.51. The minimum Gasteiger partial charge on any atom is -0.507 e. The molecule has 3 rings (SSSR count). The van der Waals surface area contributed by atoms with Crippen LogP contribution in [0.2, 0.25) is 0 Å². The Bertz CT molecular complexity index is 1180. The molecule has 0 aliphatic heterocycles. The SMILES string of the molecule is CO[C@@H](CC/C=C/C(=O)NO)[C@@H](OC(=O)Nc1ccc(SC)cc1)c1ccc(O)c2ccccc12. The van der Waals surface area contributed by atoms with Crippen molar-refractivity contribution >= 4 is 40.2 Å². The van der Waals surface area contributed by atoms with Crippen molar-refractivity contribution < 1.29 is 29.4 Å². The molecule has 0 fully saturated rings. The third-order valence-corrected chi connectivity index (χ3v) is 6.19. The fraction of sp³-hybridized carbons (Fsp3) is 0.231. The zero-order valence-electron chi connectivity index (χ0n) is 19.4. The zero-order valence-corrected chi connectivity index (χ0v) is 20.2. The highest BCUT2D eigenvalue weighted by Crippen LogP contribution is 2.36. The standard InChI is InChI=1S/C26H28N2O6S/c1-33-23(9-5-6-10-24(30)28-32)25(21-15-16-22(29)20-8-4-3-7-19(20)21)34-26(31)27-17-11-13-18(35-2)14-12-17/h3-4,6-8,10-16,23,25,29,32H,5,9H2,1-2H3,(H,27,31)(H,28,30)/b10-6+/t23-,25-/m0/s1. The van der Waals surface area contributed by atoms with Gasteiger partial charge in [-0.1, -0.05) is 36.4 Å². The number of fused-ring (bicyclic) bond motifs is 1. The number of ether oxygens (including phenoxy) is 2. The molecule has 0 bridgehead atoms. The normalized spacial score (nSPS) is 12.9. The van der Waals surface area contributed by atoms with E-state index >= 15 is 0 Å². The molecular weight excluding hydrogens is 468 g/mol. The van der Waals surface area contributed by atoms with E-state index in [0.717, 1.165) is 10.3 Å². The van der Waals surface area contributed by atoms with Crippen molar-refractivity contribution in [2.45, 2.75) is 29.9 Å². The molecule has 0 saturated heterocycles. The number of phenolic OH excluding ortho intramolecular Hbond substituents is 1. The fourth-order valence-electron chi connectivity index (χ4n) is 3.71. The van der Waals surface area contributed by atoms with E-state index in [1.165, 1.54) is 18.7 Å². The zero-order chi connectivity index (χ0) is 25.2. The summed E-state index contributed by atoms with van der Waals surface area (Å²) in [5.41, 5.74) is 2.81.